The highest BCUT2D eigenvalue weighted by Gasteiger charge is 2.26. The van der Waals surface area contributed by atoms with Crippen molar-refractivity contribution in [3.63, 3.8) is 0 Å². The van der Waals surface area contributed by atoms with Crippen LogP contribution in [0.3, 0.4) is 0 Å². The monoisotopic (exact) mass is 209 g/mol. The second kappa shape index (κ2) is 4.02. The summed E-state index contributed by atoms with van der Waals surface area (Å²) >= 11 is 0. The minimum Gasteiger partial charge on any atom is -0.480 e. The van der Waals surface area contributed by atoms with Crippen LogP contribution in [-0.4, -0.2) is 33.4 Å². The topological polar surface area (TPSA) is 67.2 Å². The van der Waals surface area contributed by atoms with Crippen molar-refractivity contribution in [3.8, 4) is 0 Å². The van der Waals surface area contributed by atoms with Gasteiger partial charge in [0.2, 0.25) is 0 Å². The Labute approximate surface area is 88.1 Å². The standard InChI is InChI=1S/C10H15N3O2/c1-13-6-8(5-12-13)7-2-3-9(10(14)15)11-4-7/h5-7,9,11H,2-4H2,1H3,(H,14,15). The molecular formula is C10H15N3O2. The zero-order valence-corrected chi connectivity index (χ0v) is 8.68. The van der Waals surface area contributed by atoms with Crippen molar-refractivity contribution in [1.29, 1.82) is 0 Å². The van der Waals surface area contributed by atoms with Gasteiger partial charge in [0.15, 0.2) is 0 Å². The van der Waals surface area contributed by atoms with Gasteiger partial charge in [0, 0.05) is 19.8 Å². The SMILES string of the molecule is Cn1cc(C2CCC(C(=O)O)NC2)cn1. The summed E-state index contributed by atoms with van der Waals surface area (Å²) in [5.74, 6) is -0.353. The Kier molecular flexibility index (Phi) is 2.73. The molecule has 15 heavy (non-hydrogen) atoms. The number of nitrogens with zero attached hydrogens (tertiary/aromatic N) is 2. The Morgan fingerprint density at radius 3 is 2.93 bits per heavy atom. The smallest absolute Gasteiger partial charge is 0.320 e. The maximum absolute atomic E-state index is 10.7. The van der Waals surface area contributed by atoms with Crippen molar-refractivity contribution >= 4 is 5.97 Å². The first-order valence-electron chi connectivity index (χ1n) is 5.11. The van der Waals surface area contributed by atoms with Crippen LogP contribution in [-0.2, 0) is 11.8 Å². The highest BCUT2D eigenvalue weighted by Crippen LogP contribution is 2.24. The molecule has 0 radical (unpaired) electrons. The number of carboxylic acid groups (broad SMARTS) is 1. The quantitative estimate of drug-likeness (QED) is 0.737. The zero-order chi connectivity index (χ0) is 10.8. The van der Waals surface area contributed by atoms with E-state index in [2.05, 4.69) is 10.4 Å². The van der Waals surface area contributed by atoms with Crippen LogP contribution in [0.2, 0.25) is 0 Å². The summed E-state index contributed by atoms with van der Waals surface area (Å²) in [6, 6.07) is -0.377. The van der Waals surface area contributed by atoms with Crippen molar-refractivity contribution in [2.45, 2.75) is 24.8 Å². The third-order valence-electron chi connectivity index (χ3n) is 2.91. The van der Waals surface area contributed by atoms with Crippen LogP contribution in [0.25, 0.3) is 0 Å². The first-order valence-corrected chi connectivity index (χ1v) is 5.11. The van der Waals surface area contributed by atoms with Gasteiger partial charge in [0.05, 0.1) is 6.20 Å². The molecule has 5 heteroatoms. The number of hydrogen-bond donors (Lipinski definition) is 2. The molecule has 2 atom stereocenters. The van der Waals surface area contributed by atoms with Crippen LogP contribution >= 0.6 is 0 Å². The second-order valence-corrected chi connectivity index (χ2v) is 4.02. The molecular weight excluding hydrogens is 194 g/mol. The second-order valence-electron chi connectivity index (χ2n) is 4.02. The van der Waals surface area contributed by atoms with E-state index in [0.29, 0.717) is 12.3 Å². The molecule has 0 spiro atoms. The largest absolute Gasteiger partial charge is 0.480 e. The molecule has 5 nitrogen and oxygen atoms in total. The molecule has 1 saturated heterocycles. The lowest BCUT2D eigenvalue weighted by molar-refractivity contribution is -0.140. The van der Waals surface area contributed by atoms with Crippen molar-refractivity contribution in [2.24, 2.45) is 7.05 Å². The maximum atomic E-state index is 10.7. The molecule has 0 bridgehead atoms. The van der Waals surface area contributed by atoms with Crippen molar-refractivity contribution in [3.05, 3.63) is 18.0 Å². The van der Waals surface area contributed by atoms with E-state index in [1.165, 1.54) is 5.56 Å². The van der Waals surface area contributed by atoms with Gasteiger partial charge >= 0.3 is 5.97 Å². The molecule has 0 aliphatic carbocycles. The molecule has 2 heterocycles. The number of aromatic nitrogens is 2. The minimum absolute atomic E-state index is 0.377. The Morgan fingerprint density at radius 2 is 2.47 bits per heavy atom. The average Bonchev–Trinajstić information content (AvgIpc) is 2.65. The summed E-state index contributed by atoms with van der Waals surface area (Å²) in [6.45, 7) is 0.725. The number of rotatable bonds is 2. The van der Waals surface area contributed by atoms with Crippen molar-refractivity contribution in [2.75, 3.05) is 6.54 Å². The summed E-state index contributed by atoms with van der Waals surface area (Å²) in [5, 5.41) is 16.0. The van der Waals surface area contributed by atoms with E-state index in [9.17, 15) is 4.79 Å². The molecule has 2 unspecified atom stereocenters. The molecule has 1 fully saturated rings. The number of carbonyl (C=O) groups is 1. The molecule has 2 rings (SSSR count). The Bertz CT molecular complexity index is 353. The number of hydrogen-bond acceptors (Lipinski definition) is 3. The van der Waals surface area contributed by atoms with Gasteiger partial charge in [-0.15, -0.1) is 0 Å². The van der Waals surface area contributed by atoms with Gasteiger partial charge in [-0.25, -0.2) is 0 Å². The predicted molar refractivity (Wildman–Crippen MR) is 54.6 cm³/mol. The number of nitrogens with one attached hydrogen (secondary N) is 1. The molecule has 0 amide bonds. The van der Waals surface area contributed by atoms with Crippen LogP contribution in [0.1, 0.15) is 24.3 Å². The summed E-state index contributed by atoms with van der Waals surface area (Å²) in [5.41, 5.74) is 1.19. The first-order chi connectivity index (χ1) is 7.16. The van der Waals surface area contributed by atoms with Crippen LogP contribution in [0.15, 0.2) is 12.4 Å². The molecule has 1 aliphatic rings. The summed E-state index contributed by atoms with van der Waals surface area (Å²) in [4.78, 5) is 10.7. The fourth-order valence-electron chi connectivity index (χ4n) is 2.00. The van der Waals surface area contributed by atoms with Gasteiger partial charge < -0.3 is 10.4 Å². The third kappa shape index (κ3) is 2.18. The van der Waals surface area contributed by atoms with Gasteiger partial charge in [-0.3, -0.25) is 9.48 Å². The van der Waals surface area contributed by atoms with E-state index in [0.717, 1.165) is 13.0 Å². The molecule has 1 aliphatic heterocycles. The van der Waals surface area contributed by atoms with Crippen LogP contribution < -0.4 is 5.32 Å². The van der Waals surface area contributed by atoms with Crippen molar-refractivity contribution < 1.29 is 9.90 Å². The third-order valence-corrected chi connectivity index (χ3v) is 2.91. The van der Waals surface area contributed by atoms with Gasteiger partial charge in [0.1, 0.15) is 6.04 Å². The van der Waals surface area contributed by atoms with Crippen LogP contribution in [0.4, 0.5) is 0 Å². The molecule has 0 saturated carbocycles. The van der Waals surface area contributed by atoms with Gasteiger partial charge in [-0.05, 0) is 24.3 Å². The molecule has 2 N–H and O–H groups in total. The molecule has 1 aromatic rings. The Hall–Kier alpha value is -1.36. The van der Waals surface area contributed by atoms with Crippen LogP contribution in [0.5, 0.6) is 0 Å². The molecule has 82 valence electrons. The number of aliphatic carboxylic acids is 1. The van der Waals surface area contributed by atoms with Gasteiger partial charge in [0.25, 0.3) is 0 Å². The summed E-state index contributed by atoms with van der Waals surface area (Å²) < 4.78 is 1.78. The average molecular weight is 209 g/mol. The van der Waals surface area contributed by atoms with Gasteiger partial charge in [-0.1, -0.05) is 0 Å². The highest BCUT2D eigenvalue weighted by atomic mass is 16.4. The zero-order valence-electron chi connectivity index (χ0n) is 8.68. The van der Waals surface area contributed by atoms with E-state index in [1.54, 1.807) is 4.68 Å². The van der Waals surface area contributed by atoms with Crippen LogP contribution in [0, 0.1) is 0 Å². The normalized spacial score (nSPS) is 26.5. The number of carboxylic acids is 1. The lowest BCUT2D eigenvalue weighted by Crippen LogP contribution is -2.43. The molecule has 1 aromatic heterocycles. The Morgan fingerprint density at radius 1 is 1.67 bits per heavy atom. The van der Waals surface area contributed by atoms with E-state index in [1.807, 2.05) is 19.4 Å². The van der Waals surface area contributed by atoms with E-state index in [-0.39, 0.29) is 6.04 Å². The molecule has 0 aromatic carbocycles. The van der Waals surface area contributed by atoms with E-state index in [4.69, 9.17) is 5.11 Å². The fraction of sp³-hybridized carbons (Fsp3) is 0.600. The highest BCUT2D eigenvalue weighted by molar-refractivity contribution is 5.73. The van der Waals surface area contributed by atoms with Crippen molar-refractivity contribution in [1.82, 2.24) is 15.1 Å². The number of aryl methyl sites for hydroxylation is 1. The maximum Gasteiger partial charge on any atom is 0.320 e. The number of piperidine rings is 1. The van der Waals surface area contributed by atoms with E-state index < -0.39 is 5.97 Å². The first kappa shape index (κ1) is 10.2. The minimum atomic E-state index is -0.750. The summed E-state index contributed by atoms with van der Waals surface area (Å²) in [6.07, 6.45) is 5.45. The lowest BCUT2D eigenvalue weighted by atomic mass is 9.90. The fourth-order valence-corrected chi connectivity index (χ4v) is 2.00. The Balaban J connectivity index is 1.96. The predicted octanol–water partition coefficient (Wildman–Crippen LogP) is 0.340. The lowest BCUT2D eigenvalue weighted by Gasteiger charge is -2.26. The van der Waals surface area contributed by atoms with Gasteiger partial charge in [-0.2, -0.15) is 5.10 Å². The van der Waals surface area contributed by atoms with E-state index >= 15 is 0 Å². The summed E-state index contributed by atoms with van der Waals surface area (Å²) in [7, 11) is 1.89.